The Bertz CT molecular complexity index is 190. The van der Waals surface area contributed by atoms with Gasteiger partial charge in [0.15, 0.2) is 0 Å². The van der Waals surface area contributed by atoms with Gasteiger partial charge in [0.2, 0.25) is 0 Å². The molecule has 0 aromatic heterocycles. The van der Waals surface area contributed by atoms with Crippen LogP contribution in [0.15, 0.2) is 0 Å². The standard InChI is InChI=1S/C13H25N2O.K/c1-2-15-9-5-13(6-10-15)16-11-12-3-7-14-8-4-12;/h12-13H,2-11H2,1H3;/q-1;+1. The molecule has 2 aliphatic rings. The van der Waals surface area contributed by atoms with Crippen LogP contribution in [0.2, 0.25) is 0 Å². The Morgan fingerprint density at radius 3 is 2.35 bits per heavy atom. The van der Waals surface area contributed by atoms with E-state index in [1.165, 1.54) is 45.3 Å². The first-order valence-corrected chi connectivity index (χ1v) is 6.85. The molecule has 4 heteroatoms. The predicted molar refractivity (Wildman–Crippen MR) is 66.9 cm³/mol. The van der Waals surface area contributed by atoms with E-state index in [4.69, 9.17) is 4.74 Å². The largest absolute Gasteiger partial charge is 1.00 e. The van der Waals surface area contributed by atoms with Crippen molar-refractivity contribution in [2.45, 2.75) is 38.7 Å². The van der Waals surface area contributed by atoms with Crippen molar-refractivity contribution in [1.82, 2.24) is 4.90 Å². The monoisotopic (exact) mass is 264 g/mol. The Hall–Kier alpha value is 1.52. The Labute approximate surface area is 148 Å². The van der Waals surface area contributed by atoms with Crippen molar-refractivity contribution in [2.75, 3.05) is 39.3 Å². The van der Waals surface area contributed by atoms with E-state index in [9.17, 15) is 0 Å². The van der Waals surface area contributed by atoms with Crippen molar-refractivity contribution in [3.63, 3.8) is 0 Å². The molecule has 2 saturated heterocycles. The molecule has 0 saturated carbocycles. The number of rotatable bonds is 4. The van der Waals surface area contributed by atoms with Gasteiger partial charge in [-0.15, -0.1) is 13.1 Å². The van der Waals surface area contributed by atoms with Gasteiger partial charge in [-0.3, -0.25) is 0 Å². The van der Waals surface area contributed by atoms with Crippen molar-refractivity contribution >= 4 is 0 Å². The van der Waals surface area contributed by atoms with Crippen molar-refractivity contribution < 1.29 is 56.1 Å². The van der Waals surface area contributed by atoms with Gasteiger partial charge in [-0.1, -0.05) is 19.8 Å². The molecule has 0 aromatic carbocycles. The summed E-state index contributed by atoms with van der Waals surface area (Å²) in [5, 5.41) is 4.38. The first kappa shape index (κ1) is 16.6. The molecule has 2 fully saturated rings. The molecule has 0 N–H and O–H groups in total. The van der Waals surface area contributed by atoms with Crippen LogP contribution in [-0.2, 0) is 4.74 Å². The molecule has 0 unspecified atom stereocenters. The Morgan fingerprint density at radius 1 is 1.12 bits per heavy atom. The average molecular weight is 264 g/mol. The number of hydrogen-bond acceptors (Lipinski definition) is 2. The van der Waals surface area contributed by atoms with Crippen LogP contribution in [0.3, 0.4) is 0 Å². The molecule has 17 heavy (non-hydrogen) atoms. The quantitative estimate of drug-likeness (QED) is 0.626. The first-order valence-electron chi connectivity index (χ1n) is 6.85. The first-order chi connectivity index (χ1) is 7.88. The SMILES string of the molecule is CCN1CCC(OCC2CC[N-]CC2)CC1.[K+]. The number of hydrogen-bond donors (Lipinski definition) is 0. The fourth-order valence-corrected chi connectivity index (χ4v) is 2.63. The second kappa shape index (κ2) is 9.42. The van der Waals surface area contributed by atoms with E-state index in [0.29, 0.717) is 6.10 Å². The third kappa shape index (κ3) is 6.00. The van der Waals surface area contributed by atoms with E-state index in [1.807, 2.05) is 0 Å². The van der Waals surface area contributed by atoms with Crippen molar-refractivity contribution in [1.29, 1.82) is 0 Å². The van der Waals surface area contributed by atoms with E-state index in [1.54, 1.807) is 0 Å². The molecule has 0 spiro atoms. The zero-order chi connectivity index (χ0) is 11.2. The maximum atomic E-state index is 6.05. The molecule has 0 bridgehead atoms. The summed E-state index contributed by atoms with van der Waals surface area (Å²) in [4.78, 5) is 2.51. The molecule has 0 radical (unpaired) electrons. The van der Waals surface area contributed by atoms with Gasteiger partial charge in [-0.05, 0) is 25.3 Å². The minimum atomic E-state index is 0. The molecule has 3 nitrogen and oxygen atoms in total. The third-order valence-electron chi connectivity index (χ3n) is 3.94. The summed E-state index contributed by atoms with van der Waals surface area (Å²) in [5.74, 6) is 0.779. The Morgan fingerprint density at radius 2 is 1.76 bits per heavy atom. The molecular weight excluding hydrogens is 239 g/mol. The van der Waals surface area contributed by atoms with Crippen LogP contribution in [-0.4, -0.2) is 50.3 Å². The number of ether oxygens (including phenoxy) is 1. The van der Waals surface area contributed by atoms with Gasteiger partial charge in [0.1, 0.15) is 0 Å². The summed E-state index contributed by atoms with van der Waals surface area (Å²) < 4.78 is 6.05. The number of piperidine rings is 2. The predicted octanol–water partition coefficient (Wildman–Crippen LogP) is -0.725. The normalized spacial score (nSPS) is 24.5. The van der Waals surface area contributed by atoms with Crippen molar-refractivity contribution in [3.05, 3.63) is 5.32 Å². The van der Waals surface area contributed by atoms with Crippen LogP contribution >= 0.6 is 0 Å². The van der Waals surface area contributed by atoms with E-state index < -0.39 is 0 Å². The van der Waals surface area contributed by atoms with Crippen LogP contribution in [0.5, 0.6) is 0 Å². The smallest absolute Gasteiger partial charge is 0.662 e. The molecule has 0 amide bonds. The molecule has 0 atom stereocenters. The van der Waals surface area contributed by atoms with Crippen molar-refractivity contribution in [3.8, 4) is 0 Å². The van der Waals surface area contributed by atoms with Gasteiger partial charge < -0.3 is 15.0 Å². The number of likely N-dealkylation sites (tertiary alicyclic amines) is 1. The molecule has 2 rings (SSSR count). The minimum absolute atomic E-state index is 0. The van der Waals surface area contributed by atoms with Gasteiger partial charge in [0.05, 0.1) is 6.10 Å². The fraction of sp³-hybridized carbons (Fsp3) is 1.00. The fourth-order valence-electron chi connectivity index (χ4n) is 2.63. The topological polar surface area (TPSA) is 26.6 Å². The van der Waals surface area contributed by atoms with E-state index in [2.05, 4.69) is 17.1 Å². The maximum absolute atomic E-state index is 6.05. The number of nitrogens with zero attached hydrogens (tertiary/aromatic N) is 2. The summed E-state index contributed by atoms with van der Waals surface area (Å²) in [7, 11) is 0. The van der Waals surface area contributed by atoms with Crippen molar-refractivity contribution in [2.24, 2.45) is 5.92 Å². The average Bonchev–Trinajstić information content (AvgIpc) is 2.38. The van der Waals surface area contributed by atoms with Gasteiger partial charge in [-0.25, -0.2) is 0 Å². The van der Waals surface area contributed by atoms with Crippen LogP contribution in [0.25, 0.3) is 5.32 Å². The zero-order valence-corrected chi connectivity index (χ0v) is 14.7. The maximum Gasteiger partial charge on any atom is 1.00 e. The molecule has 0 aromatic rings. The summed E-state index contributed by atoms with van der Waals surface area (Å²) in [6.07, 6.45) is 5.47. The summed E-state index contributed by atoms with van der Waals surface area (Å²) >= 11 is 0. The second-order valence-corrected chi connectivity index (χ2v) is 5.08. The minimum Gasteiger partial charge on any atom is -0.662 e. The van der Waals surface area contributed by atoms with E-state index in [0.717, 1.165) is 25.6 Å². The molecule has 2 heterocycles. The Balaban J connectivity index is 0.00000144. The van der Waals surface area contributed by atoms with Gasteiger partial charge in [-0.2, -0.15) is 0 Å². The Kier molecular flexibility index (Phi) is 9.19. The van der Waals surface area contributed by atoms with Crippen LogP contribution in [0.4, 0.5) is 0 Å². The van der Waals surface area contributed by atoms with Crippen LogP contribution in [0.1, 0.15) is 32.6 Å². The summed E-state index contributed by atoms with van der Waals surface area (Å²) in [6.45, 7) is 8.98. The van der Waals surface area contributed by atoms with Gasteiger partial charge in [0, 0.05) is 19.7 Å². The third-order valence-corrected chi connectivity index (χ3v) is 3.94. The second-order valence-electron chi connectivity index (χ2n) is 5.08. The molecule has 0 aliphatic carbocycles. The molecular formula is C13H25KN2O. The van der Waals surface area contributed by atoms with E-state index >= 15 is 0 Å². The van der Waals surface area contributed by atoms with E-state index in [-0.39, 0.29) is 51.4 Å². The van der Waals surface area contributed by atoms with Crippen LogP contribution in [0, 0.1) is 5.92 Å². The van der Waals surface area contributed by atoms with Gasteiger partial charge >= 0.3 is 51.4 Å². The zero-order valence-electron chi connectivity index (χ0n) is 11.5. The molecule has 2 aliphatic heterocycles. The van der Waals surface area contributed by atoms with Crippen LogP contribution < -0.4 is 51.4 Å². The summed E-state index contributed by atoms with van der Waals surface area (Å²) in [6, 6.07) is 0. The van der Waals surface area contributed by atoms with Gasteiger partial charge in [0.25, 0.3) is 0 Å². The summed E-state index contributed by atoms with van der Waals surface area (Å²) in [5.41, 5.74) is 0. The molecule has 94 valence electrons.